The summed E-state index contributed by atoms with van der Waals surface area (Å²) in [7, 11) is 1.00. The zero-order chi connectivity index (χ0) is 32.9. The highest BCUT2D eigenvalue weighted by Crippen LogP contribution is 2.03. The van der Waals surface area contributed by atoms with Gasteiger partial charge in [0.05, 0.1) is 25.7 Å². The molecule has 1 atom stereocenters. The van der Waals surface area contributed by atoms with Crippen molar-refractivity contribution in [3.63, 3.8) is 0 Å². The molecule has 0 spiro atoms. The molecule has 1 aliphatic heterocycles. The summed E-state index contributed by atoms with van der Waals surface area (Å²) in [5.41, 5.74) is 0. The first-order chi connectivity index (χ1) is 20.1. The quantitative estimate of drug-likeness (QED) is 0.162. The summed E-state index contributed by atoms with van der Waals surface area (Å²) >= 11 is 0. The maximum absolute atomic E-state index is 12.6. The smallest absolute Gasteiger partial charge is 0.317 e. The maximum atomic E-state index is 12.6. The molecule has 246 valence electrons. The van der Waals surface area contributed by atoms with E-state index in [0.717, 1.165) is 13.7 Å². The van der Waals surface area contributed by atoms with Gasteiger partial charge in [-0.05, 0) is 13.0 Å². The number of Topliss-reactive ketones (excluding diaryl/α,β-unsaturated/α-hetero) is 1. The van der Waals surface area contributed by atoms with Crippen LogP contribution in [-0.2, 0) is 28.8 Å². The van der Waals surface area contributed by atoms with Gasteiger partial charge in [-0.3, -0.25) is 38.7 Å². The van der Waals surface area contributed by atoms with E-state index >= 15 is 0 Å². The molecule has 5 N–H and O–H groups in total. The number of amides is 1. The fourth-order valence-electron chi connectivity index (χ4n) is 3.87. The first-order valence-corrected chi connectivity index (χ1v) is 14.2. The number of carboxylic acids is 2. The Morgan fingerprint density at radius 3 is 1.40 bits per heavy atom. The summed E-state index contributed by atoms with van der Waals surface area (Å²) in [6.07, 6.45) is 1.54. The van der Waals surface area contributed by atoms with Crippen LogP contribution in [0.3, 0.4) is 0 Å². The molecular weight excluding hydrogens is 554 g/mol. The Bertz CT molecular complexity index is 757. The summed E-state index contributed by atoms with van der Waals surface area (Å²) < 4.78 is 0. The van der Waals surface area contributed by atoms with Gasteiger partial charge in [0, 0.05) is 72.3 Å². The number of aliphatic hydroxyl groups is 1. The molecule has 15 heteroatoms. The molecular formula is C27H53N5O10. The molecule has 1 aliphatic rings. The van der Waals surface area contributed by atoms with Gasteiger partial charge in [0.2, 0.25) is 5.91 Å². The second-order valence-corrected chi connectivity index (χ2v) is 8.90. The number of aldehydes is 1. The maximum Gasteiger partial charge on any atom is 0.317 e. The first-order valence-electron chi connectivity index (χ1n) is 14.2. The molecule has 1 fully saturated rings. The molecule has 1 saturated heterocycles. The molecule has 1 rings (SSSR count). The lowest BCUT2D eigenvalue weighted by molar-refractivity contribution is -0.140. The predicted octanol–water partition coefficient (Wildman–Crippen LogP) is -0.824. The molecule has 0 aromatic rings. The van der Waals surface area contributed by atoms with Gasteiger partial charge in [-0.1, -0.05) is 27.7 Å². The van der Waals surface area contributed by atoms with E-state index in [-0.39, 0.29) is 50.6 Å². The van der Waals surface area contributed by atoms with E-state index in [1.165, 1.54) is 0 Å². The number of ketones is 1. The number of aliphatic carboxylic acids is 2. The molecule has 0 aliphatic carbocycles. The van der Waals surface area contributed by atoms with E-state index in [0.29, 0.717) is 65.1 Å². The topological polar surface area (TPSA) is 208 Å². The summed E-state index contributed by atoms with van der Waals surface area (Å²) in [4.78, 5) is 74.2. The lowest BCUT2D eigenvalue weighted by Gasteiger charge is -2.33. The largest absolute Gasteiger partial charge is 0.483 e. The molecule has 1 amide bonds. The summed E-state index contributed by atoms with van der Waals surface area (Å²) in [5, 5.41) is 35.1. The van der Waals surface area contributed by atoms with Gasteiger partial charge in [-0.2, -0.15) is 0 Å². The fourth-order valence-corrected chi connectivity index (χ4v) is 3.87. The van der Waals surface area contributed by atoms with Crippen molar-refractivity contribution in [1.82, 2.24) is 24.9 Å². The van der Waals surface area contributed by atoms with Crippen molar-refractivity contribution in [1.29, 1.82) is 0 Å². The number of rotatable bonds is 13. The number of carboxylic acid groups (broad SMARTS) is 3. The van der Waals surface area contributed by atoms with Crippen LogP contribution in [0.15, 0.2) is 0 Å². The van der Waals surface area contributed by atoms with Crippen LogP contribution < -0.4 is 5.32 Å². The Hall–Kier alpha value is -2.98. The highest BCUT2D eigenvalue weighted by atomic mass is 16.4. The van der Waals surface area contributed by atoms with Gasteiger partial charge in [0.25, 0.3) is 6.47 Å². The Labute approximate surface area is 249 Å². The summed E-state index contributed by atoms with van der Waals surface area (Å²) in [6.45, 7) is 12.1. The minimum Gasteiger partial charge on any atom is -0.483 e. The van der Waals surface area contributed by atoms with E-state index in [1.807, 2.05) is 30.6 Å². The second kappa shape index (κ2) is 29.5. The van der Waals surface area contributed by atoms with Gasteiger partial charge >= 0.3 is 11.9 Å². The Morgan fingerprint density at radius 2 is 1.10 bits per heavy atom. The van der Waals surface area contributed by atoms with Crippen molar-refractivity contribution in [2.45, 2.75) is 53.0 Å². The average molecular weight is 608 g/mol. The minimum absolute atomic E-state index is 0.0364. The molecule has 0 saturated carbocycles. The number of nitrogens with zero attached hydrogens (tertiary/aromatic N) is 4. The zero-order valence-electron chi connectivity index (χ0n) is 25.9. The van der Waals surface area contributed by atoms with Gasteiger partial charge in [-0.15, -0.1) is 0 Å². The van der Waals surface area contributed by atoms with Crippen LogP contribution in [0.5, 0.6) is 0 Å². The highest BCUT2D eigenvalue weighted by molar-refractivity contribution is 5.82. The molecule has 0 radical (unpaired) electrons. The molecule has 42 heavy (non-hydrogen) atoms. The van der Waals surface area contributed by atoms with Crippen LogP contribution in [0.4, 0.5) is 0 Å². The van der Waals surface area contributed by atoms with Crippen molar-refractivity contribution < 1.29 is 49.2 Å². The number of aliphatic hydroxyl groups excluding tert-OH is 1. The monoisotopic (exact) mass is 607 g/mol. The van der Waals surface area contributed by atoms with E-state index in [1.54, 1.807) is 11.8 Å². The fraction of sp³-hybridized carbons (Fsp3) is 0.778. The Balaban J connectivity index is -0.00000199. The predicted molar refractivity (Wildman–Crippen MR) is 157 cm³/mol. The number of hydrogen-bond acceptors (Lipinski definition) is 11. The normalized spacial score (nSPS) is 16.1. The van der Waals surface area contributed by atoms with Gasteiger partial charge in [-0.25, -0.2) is 0 Å². The van der Waals surface area contributed by atoms with E-state index < -0.39 is 18.0 Å². The van der Waals surface area contributed by atoms with E-state index in [4.69, 9.17) is 15.0 Å². The standard InChI is InChI=1S/C23H41N5O7.C2H6.CH2O2.CH4O/c1-3-20(30)6-5-19(18-29)24-21(31)15-26-9-7-25(4-2)8-10-27(16-22(32)33)13-14-28(12-11-26)17-23(34)35;1-2;2-1-3;1-2/h18-19H,3-17H2,1-2H3,(H,24,31)(H,32,33)(H,34,35);1-2H3;1H,(H,2,3);2H,1H3. The number of hydrogen-bond donors (Lipinski definition) is 5. The van der Waals surface area contributed by atoms with Gasteiger partial charge in [0.15, 0.2) is 0 Å². The van der Waals surface area contributed by atoms with Crippen LogP contribution >= 0.6 is 0 Å². The minimum atomic E-state index is -0.973. The van der Waals surface area contributed by atoms with Crippen molar-refractivity contribution in [3.05, 3.63) is 0 Å². The Kier molecular flexibility index (Phi) is 30.5. The molecule has 15 nitrogen and oxygen atoms in total. The van der Waals surface area contributed by atoms with Crippen molar-refractivity contribution in [2.75, 3.05) is 85.6 Å². The van der Waals surface area contributed by atoms with Crippen molar-refractivity contribution in [2.24, 2.45) is 0 Å². The van der Waals surface area contributed by atoms with Crippen LogP contribution in [-0.4, -0.2) is 168 Å². The van der Waals surface area contributed by atoms with Crippen LogP contribution in [0, 0.1) is 0 Å². The molecule has 1 unspecified atom stereocenters. The Morgan fingerprint density at radius 1 is 0.738 bits per heavy atom. The highest BCUT2D eigenvalue weighted by Gasteiger charge is 2.21. The van der Waals surface area contributed by atoms with Crippen LogP contribution in [0.1, 0.15) is 47.0 Å². The summed E-state index contributed by atoms with van der Waals surface area (Å²) in [5.74, 6) is -2.18. The zero-order valence-corrected chi connectivity index (χ0v) is 25.9. The average Bonchev–Trinajstić information content (AvgIpc) is 2.97. The van der Waals surface area contributed by atoms with Crippen LogP contribution in [0.2, 0.25) is 0 Å². The van der Waals surface area contributed by atoms with Crippen molar-refractivity contribution in [3.8, 4) is 0 Å². The lowest BCUT2D eigenvalue weighted by atomic mass is 10.1. The molecule has 0 aromatic carbocycles. The second-order valence-electron chi connectivity index (χ2n) is 8.90. The number of nitrogens with one attached hydrogen (secondary N) is 1. The summed E-state index contributed by atoms with van der Waals surface area (Å²) in [6, 6.07) is -0.721. The lowest BCUT2D eigenvalue weighted by Crippen LogP contribution is -2.50. The number of carbonyl (C=O) groups is 6. The van der Waals surface area contributed by atoms with E-state index in [9.17, 15) is 34.2 Å². The molecule has 0 bridgehead atoms. The number of likely N-dealkylation sites (N-methyl/N-ethyl adjacent to an activating group) is 1. The van der Waals surface area contributed by atoms with Crippen LogP contribution in [0.25, 0.3) is 0 Å². The molecule has 1 heterocycles. The van der Waals surface area contributed by atoms with Crippen molar-refractivity contribution >= 4 is 36.4 Å². The van der Waals surface area contributed by atoms with Gasteiger partial charge < -0.3 is 35.4 Å². The molecule has 0 aromatic heterocycles. The third kappa shape index (κ3) is 24.8. The van der Waals surface area contributed by atoms with E-state index in [2.05, 4.69) is 10.2 Å². The third-order valence-electron chi connectivity index (χ3n) is 6.10. The first kappa shape index (κ1) is 43.5. The van der Waals surface area contributed by atoms with Gasteiger partial charge in [0.1, 0.15) is 12.1 Å². The number of carbonyl (C=O) groups excluding carboxylic acids is 3. The SMILES string of the molecule is CC.CCC(=O)CCC(C=O)NC(=O)CN1CCN(CC)CCN(CC(=O)O)CCN(CC(=O)O)CC1.CO.O=CO. The third-order valence-corrected chi connectivity index (χ3v) is 6.10.